The Bertz CT molecular complexity index is 360. The van der Waals surface area contributed by atoms with Crippen LogP contribution in [0.3, 0.4) is 0 Å². The summed E-state index contributed by atoms with van der Waals surface area (Å²) in [5.41, 5.74) is 0. The van der Waals surface area contributed by atoms with Gasteiger partial charge < -0.3 is 9.63 Å². The first-order valence-corrected chi connectivity index (χ1v) is 6.33. The minimum absolute atomic E-state index is 0.0575. The average Bonchev–Trinajstić information content (AvgIpc) is 3.03. The van der Waals surface area contributed by atoms with Crippen molar-refractivity contribution in [2.45, 2.75) is 51.6 Å². The number of aliphatic hydroxyl groups excluding tert-OH is 1. The Morgan fingerprint density at radius 1 is 1.41 bits per heavy atom. The maximum absolute atomic E-state index is 9.08. The molecule has 2 rings (SSSR count). The number of hydrogen-bond acceptors (Lipinski definition) is 5. The number of aliphatic hydroxyl groups is 1. The van der Waals surface area contributed by atoms with Crippen LogP contribution in [0.4, 0.5) is 0 Å². The lowest BCUT2D eigenvalue weighted by Crippen LogP contribution is -2.36. The minimum Gasteiger partial charge on any atom is -0.395 e. The first-order valence-electron chi connectivity index (χ1n) is 6.33. The molecule has 0 spiro atoms. The molecule has 1 aliphatic carbocycles. The number of aromatic nitrogens is 2. The van der Waals surface area contributed by atoms with Crippen molar-refractivity contribution in [3.63, 3.8) is 0 Å². The van der Waals surface area contributed by atoms with Crippen molar-refractivity contribution in [3.8, 4) is 0 Å². The van der Waals surface area contributed by atoms with Crippen molar-refractivity contribution in [1.82, 2.24) is 15.0 Å². The topological polar surface area (TPSA) is 62.4 Å². The van der Waals surface area contributed by atoms with E-state index in [9.17, 15) is 0 Å². The molecule has 5 nitrogen and oxygen atoms in total. The Morgan fingerprint density at radius 3 is 2.65 bits per heavy atom. The molecule has 1 atom stereocenters. The molecule has 1 heterocycles. The van der Waals surface area contributed by atoms with Crippen LogP contribution in [-0.2, 0) is 0 Å². The average molecular weight is 239 g/mol. The van der Waals surface area contributed by atoms with E-state index in [4.69, 9.17) is 9.63 Å². The molecule has 5 heteroatoms. The zero-order valence-corrected chi connectivity index (χ0v) is 10.8. The van der Waals surface area contributed by atoms with E-state index in [-0.39, 0.29) is 12.6 Å². The third-order valence-electron chi connectivity index (χ3n) is 3.28. The van der Waals surface area contributed by atoms with Gasteiger partial charge in [-0.15, -0.1) is 0 Å². The van der Waals surface area contributed by atoms with Crippen molar-refractivity contribution in [3.05, 3.63) is 11.7 Å². The molecule has 1 aliphatic rings. The van der Waals surface area contributed by atoms with Crippen LogP contribution in [0.1, 0.15) is 57.3 Å². The Labute approximate surface area is 102 Å². The van der Waals surface area contributed by atoms with E-state index < -0.39 is 0 Å². The lowest BCUT2D eigenvalue weighted by molar-refractivity contribution is 0.107. The largest absolute Gasteiger partial charge is 0.395 e. The van der Waals surface area contributed by atoms with Gasteiger partial charge in [-0.05, 0) is 33.6 Å². The lowest BCUT2D eigenvalue weighted by Gasteiger charge is -2.29. The molecule has 0 bridgehead atoms. The van der Waals surface area contributed by atoms with Gasteiger partial charge in [-0.3, -0.25) is 4.90 Å². The Balaban J connectivity index is 2.07. The maximum atomic E-state index is 9.08. The zero-order chi connectivity index (χ0) is 12.4. The van der Waals surface area contributed by atoms with E-state index in [1.807, 2.05) is 6.92 Å². The molecule has 96 valence electrons. The van der Waals surface area contributed by atoms with E-state index in [2.05, 4.69) is 28.9 Å². The van der Waals surface area contributed by atoms with Crippen LogP contribution in [0.15, 0.2) is 4.52 Å². The molecule has 0 radical (unpaired) electrons. The highest BCUT2D eigenvalue weighted by molar-refractivity contribution is 5.04. The highest BCUT2D eigenvalue weighted by Crippen LogP contribution is 2.38. The van der Waals surface area contributed by atoms with Crippen LogP contribution < -0.4 is 0 Å². The molecule has 1 aromatic heterocycles. The Hall–Kier alpha value is -0.940. The summed E-state index contributed by atoms with van der Waals surface area (Å²) in [6.45, 7) is 7.01. The summed E-state index contributed by atoms with van der Waals surface area (Å²) in [5, 5.41) is 13.1. The zero-order valence-electron chi connectivity index (χ0n) is 10.8. The molecule has 0 aromatic carbocycles. The fraction of sp³-hybridized carbons (Fsp3) is 0.833. The first kappa shape index (κ1) is 12.5. The molecule has 1 aromatic rings. The summed E-state index contributed by atoms with van der Waals surface area (Å²) in [4.78, 5) is 6.61. The second kappa shape index (κ2) is 5.14. The van der Waals surface area contributed by atoms with Crippen LogP contribution in [-0.4, -0.2) is 39.3 Å². The summed E-state index contributed by atoms with van der Waals surface area (Å²) in [5.74, 6) is 2.03. The van der Waals surface area contributed by atoms with Gasteiger partial charge in [0.2, 0.25) is 5.89 Å². The fourth-order valence-electron chi connectivity index (χ4n) is 2.08. The van der Waals surface area contributed by atoms with Gasteiger partial charge in [0.1, 0.15) is 0 Å². The molecule has 1 N–H and O–H groups in total. The molecule has 17 heavy (non-hydrogen) atoms. The van der Waals surface area contributed by atoms with Crippen molar-refractivity contribution < 1.29 is 9.63 Å². The van der Waals surface area contributed by atoms with Crippen LogP contribution in [0.2, 0.25) is 0 Å². The monoisotopic (exact) mass is 239 g/mol. The Kier molecular flexibility index (Phi) is 3.79. The van der Waals surface area contributed by atoms with Gasteiger partial charge >= 0.3 is 0 Å². The van der Waals surface area contributed by atoms with Gasteiger partial charge in [0, 0.05) is 18.5 Å². The summed E-state index contributed by atoms with van der Waals surface area (Å²) < 4.78 is 5.32. The molecular formula is C12H21N3O2. The predicted molar refractivity (Wildman–Crippen MR) is 63.6 cm³/mol. The van der Waals surface area contributed by atoms with Crippen LogP contribution in [0, 0.1) is 0 Å². The second-order valence-corrected chi connectivity index (χ2v) is 5.00. The van der Waals surface area contributed by atoms with Crippen LogP contribution in [0.5, 0.6) is 0 Å². The molecule has 0 amide bonds. The summed E-state index contributed by atoms with van der Waals surface area (Å²) in [7, 11) is 0. The van der Waals surface area contributed by atoms with E-state index in [0.717, 1.165) is 5.82 Å². The summed E-state index contributed by atoms with van der Waals surface area (Å²) >= 11 is 0. The van der Waals surface area contributed by atoms with Crippen molar-refractivity contribution in [1.29, 1.82) is 0 Å². The normalized spacial score (nSPS) is 18.0. The first-order chi connectivity index (χ1) is 8.13. The lowest BCUT2D eigenvalue weighted by atomic mass is 10.2. The van der Waals surface area contributed by atoms with E-state index in [1.165, 1.54) is 12.8 Å². The van der Waals surface area contributed by atoms with Crippen LogP contribution in [0.25, 0.3) is 0 Å². The third kappa shape index (κ3) is 2.84. The maximum Gasteiger partial charge on any atom is 0.243 e. The second-order valence-electron chi connectivity index (χ2n) is 5.00. The van der Waals surface area contributed by atoms with E-state index in [1.54, 1.807) is 0 Å². The molecule has 1 saturated carbocycles. The number of rotatable bonds is 6. The van der Waals surface area contributed by atoms with Crippen molar-refractivity contribution in [2.75, 3.05) is 13.2 Å². The SMILES string of the molecule is CC(C)N(CCO)[C@H](C)c1nc(C2CC2)no1. The van der Waals surface area contributed by atoms with Crippen LogP contribution >= 0.6 is 0 Å². The summed E-state index contributed by atoms with van der Waals surface area (Å²) in [6, 6.07) is 0.399. The van der Waals surface area contributed by atoms with Crippen molar-refractivity contribution >= 4 is 0 Å². The van der Waals surface area contributed by atoms with Gasteiger partial charge in [-0.1, -0.05) is 5.16 Å². The minimum atomic E-state index is 0.0575. The molecule has 0 unspecified atom stereocenters. The van der Waals surface area contributed by atoms with Gasteiger partial charge in [0.05, 0.1) is 12.6 Å². The molecule has 0 saturated heterocycles. The van der Waals surface area contributed by atoms with E-state index >= 15 is 0 Å². The highest BCUT2D eigenvalue weighted by atomic mass is 16.5. The highest BCUT2D eigenvalue weighted by Gasteiger charge is 2.31. The van der Waals surface area contributed by atoms with Crippen molar-refractivity contribution in [2.24, 2.45) is 0 Å². The standard InChI is InChI=1S/C12H21N3O2/c1-8(2)15(6-7-16)9(3)12-13-11(14-17-12)10-4-5-10/h8-10,16H,4-7H2,1-3H3/t9-/m1/s1. The van der Waals surface area contributed by atoms with Gasteiger partial charge in [-0.2, -0.15) is 4.98 Å². The smallest absolute Gasteiger partial charge is 0.243 e. The number of nitrogens with zero attached hydrogens (tertiary/aromatic N) is 3. The van der Waals surface area contributed by atoms with Gasteiger partial charge in [0.25, 0.3) is 0 Å². The van der Waals surface area contributed by atoms with Gasteiger partial charge in [-0.25, -0.2) is 0 Å². The Morgan fingerprint density at radius 2 is 2.12 bits per heavy atom. The molecular weight excluding hydrogens is 218 g/mol. The summed E-state index contributed by atoms with van der Waals surface area (Å²) in [6.07, 6.45) is 2.36. The fourth-order valence-corrected chi connectivity index (χ4v) is 2.08. The van der Waals surface area contributed by atoms with Gasteiger partial charge in [0.15, 0.2) is 5.82 Å². The molecule has 0 aliphatic heterocycles. The molecule has 1 fully saturated rings. The third-order valence-corrected chi connectivity index (χ3v) is 3.28. The number of hydrogen-bond donors (Lipinski definition) is 1. The van der Waals surface area contributed by atoms with E-state index in [0.29, 0.717) is 24.4 Å². The quantitative estimate of drug-likeness (QED) is 0.818. The predicted octanol–water partition coefficient (Wildman–Crippen LogP) is 1.71.